The largest absolute Gasteiger partial charge is 0.396 e. The molecule has 3 heteroatoms. The van der Waals surface area contributed by atoms with Crippen LogP contribution in [0, 0.1) is 0 Å². The fourth-order valence-electron chi connectivity index (χ4n) is 1.24. The number of fused-ring (bicyclic) bond motifs is 1. The van der Waals surface area contributed by atoms with Crippen LogP contribution in [0.5, 0.6) is 0 Å². The van der Waals surface area contributed by atoms with Crippen LogP contribution in [0.1, 0.15) is 5.56 Å². The van der Waals surface area contributed by atoms with Crippen molar-refractivity contribution < 1.29 is 5.11 Å². The third-order valence-corrected chi connectivity index (χ3v) is 1.86. The van der Waals surface area contributed by atoms with Gasteiger partial charge in [-0.25, -0.2) is 4.98 Å². The molecule has 0 radical (unpaired) electrons. The topological polar surface area (TPSA) is 37.5 Å². The summed E-state index contributed by atoms with van der Waals surface area (Å²) in [6.07, 6.45) is 6.31. The van der Waals surface area contributed by atoms with Crippen molar-refractivity contribution in [3.63, 3.8) is 0 Å². The van der Waals surface area contributed by atoms with Gasteiger partial charge in [0.25, 0.3) is 0 Å². The minimum absolute atomic E-state index is 0.191. The van der Waals surface area contributed by atoms with Gasteiger partial charge in [0.15, 0.2) is 0 Å². The Kier molecular flexibility index (Phi) is 1.80. The molecule has 0 saturated heterocycles. The summed E-state index contributed by atoms with van der Waals surface area (Å²) in [6, 6.07) is 3.97. The number of imidazole rings is 1. The lowest BCUT2D eigenvalue weighted by molar-refractivity contribution is 0.299. The van der Waals surface area contributed by atoms with Gasteiger partial charge in [0, 0.05) is 25.2 Å². The van der Waals surface area contributed by atoms with Crippen molar-refractivity contribution in [2.45, 2.75) is 6.42 Å². The molecule has 0 aliphatic rings. The standard InChI is InChI=1S/C9H10N2O/c12-6-2-8-1-4-11-5-3-10-9(11)7-8/h1,3-5,7,12H,2,6H2. The van der Waals surface area contributed by atoms with Gasteiger partial charge in [0.1, 0.15) is 5.65 Å². The highest BCUT2D eigenvalue weighted by Gasteiger charge is 1.95. The highest BCUT2D eigenvalue weighted by molar-refractivity contribution is 5.41. The van der Waals surface area contributed by atoms with E-state index in [1.54, 1.807) is 6.20 Å². The van der Waals surface area contributed by atoms with Gasteiger partial charge < -0.3 is 9.51 Å². The molecule has 0 amide bonds. The average Bonchev–Trinajstić information content (AvgIpc) is 2.51. The van der Waals surface area contributed by atoms with Crippen LogP contribution in [0.25, 0.3) is 5.65 Å². The van der Waals surface area contributed by atoms with Crippen LogP contribution in [0.2, 0.25) is 0 Å². The van der Waals surface area contributed by atoms with Crippen LogP contribution < -0.4 is 0 Å². The molecule has 12 heavy (non-hydrogen) atoms. The van der Waals surface area contributed by atoms with E-state index in [4.69, 9.17) is 5.11 Å². The first-order valence-corrected chi connectivity index (χ1v) is 3.92. The van der Waals surface area contributed by atoms with Crippen molar-refractivity contribution in [1.29, 1.82) is 0 Å². The summed E-state index contributed by atoms with van der Waals surface area (Å²) in [6.45, 7) is 0.191. The molecule has 0 saturated carbocycles. The Labute approximate surface area is 70.3 Å². The van der Waals surface area contributed by atoms with Crippen LogP contribution >= 0.6 is 0 Å². The first kappa shape index (κ1) is 7.31. The van der Waals surface area contributed by atoms with Crippen molar-refractivity contribution >= 4 is 5.65 Å². The van der Waals surface area contributed by atoms with E-state index < -0.39 is 0 Å². The molecule has 0 spiro atoms. The van der Waals surface area contributed by atoms with Crippen LogP contribution in [0.4, 0.5) is 0 Å². The van der Waals surface area contributed by atoms with Gasteiger partial charge in [-0.15, -0.1) is 0 Å². The molecule has 0 bridgehead atoms. The zero-order chi connectivity index (χ0) is 8.39. The van der Waals surface area contributed by atoms with E-state index >= 15 is 0 Å². The molecule has 2 aromatic rings. The van der Waals surface area contributed by atoms with Crippen molar-refractivity contribution in [2.24, 2.45) is 0 Å². The molecule has 0 aliphatic heterocycles. The molecule has 0 aromatic carbocycles. The SMILES string of the molecule is OCCc1ccn2ccnc2c1. The maximum Gasteiger partial charge on any atom is 0.136 e. The fourth-order valence-corrected chi connectivity index (χ4v) is 1.24. The van der Waals surface area contributed by atoms with Crippen LogP contribution in [0.15, 0.2) is 30.7 Å². The predicted octanol–water partition coefficient (Wildman–Crippen LogP) is 0.869. The summed E-state index contributed by atoms with van der Waals surface area (Å²) in [4.78, 5) is 4.14. The Hall–Kier alpha value is -1.35. The molecule has 2 aromatic heterocycles. The average molecular weight is 162 g/mol. The predicted molar refractivity (Wildman–Crippen MR) is 46.0 cm³/mol. The lowest BCUT2D eigenvalue weighted by Gasteiger charge is -1.98. The minimum atomic E-state index is 0.191. The molecule has 1 N–H and O–H groups in total. The van der Waals surface area contributed by atoms with E-state index in [0.717, 1.165) is 11.2 Å². The van der Waals surface area contributed by atoms with E-state index in [2.05, 4.69) is 4.98 Å². The van der Waals surface area contributed by atoms with Crippen molar-refractivity contribution in [3.05, 3.63) is 36.3 Å². The first-order valence-electron chi connectivity index (χ1n) is 3.92. The molecular formula is C9H10N2O. The first-order chi connectivity index (χ1) is 5.90. The maximum atomic E-state index is 8.72. The summed E-state index contributed by atoms with van der Waals surface area (Å²) < 4.78 is 1.95. The van der Waals surface area contributed by atoms with E-state index in [0.29, 0.717) is 6.42 Å². The van der Waals surface area contributed by atoms with Crippen molar-refractivity contribution in [2.75, 3.05) is 6.61 Å². The number of aromatic nitrogens is 2. The van der Waals surface area contributed by atoms with E-state index in [1.165, 1.54) is 0 Å². The van der Waals surface area contributed by atoms with E-state index in [1.807, 2.05) is 28.9 Å². The molecule has 0 fully saturated rings. The summed E-state index contributed by atoms with van der Waals surface area (Å²) in [5.74, 6) is 0. The summed E-state index contributed by atoms with van der Waals surface area (Å²) in [7, 11) is 0. The Morgan fingerprint density at radius 3 is 3.17 bits per heavy atom. The molecule has 3 nitrogen and oxygen atoms in total. The fraction of sp³-hybridized carbons (Fsp3) is 0.222. The molecule has 2 heterocycles. The number of nitrogens with zero attached hydrogens (tertiary/aromatic N) is 2. The second-order valence-electron chi connectivity index (χ2n) is 2.70. The number of aliphatic hydroxyl groups excluding tert-OH is 1. The van der Waals surface area contributed by atoms with Gasteiger partial charge >= 0.3 is 0 Å². The van der Waals surface area contributed by atoms with Gasteiger partial charge in [0.05, 0.1) is 0 Å². The van der Waals surface area contributed by atoms with Gasteiger partial charge in [-0.1, -0.05) is 0 Å². The molecule has 0 unspecified atom stereocenters. The summed E-state index contributed by atoms with van der Waals surface area (Å²) >= 11 is 0. The normalized spacial score (nSPS) is 10.8. The molecule has 62 valence electrons. The maximum absolute atomic E-state index is 8.72. The number of hydrogen-bond donors (Lipinski definition) is 1. The highest BCUT2D eigenvalue weighted by atomic mass is 16.2. The molecule has 0 atom stereocenters. The Bertz CT molecular complexity index is 381. The third-order valence-electron chi connectivity index (χ3n) is 1.86. The van der Waals surface area contributed by atoms with E-state index in [-0.39, 0.29) is 6.61 Å². The Morgan fingerprint density at radius 1 is 1.42 bits per heavy atom. The second-order valence-corrected chi connectivity index (χ2v) is 2.70. The number of pyridine rings is 1. The van der Waals surface area contributed by atoms with Gasteiger partial charge in [0.2, 0.25) is 0 Å². The Balaban J connectivity index is 2.46. The van der Waals surface area contributed by atoms with Crippen LogP contribution in [-0.4, -0.2) is 21.1 Å². The molecule has 2 rings (SSSR count). The van der Waals surface area contributed by atoms with Crippen molar-refractivity contribution in [3.8, 4) is 0 Å². The minimum Gasteiger partial charge on any atom is -0.396 e. The lowest BCUT2D eigenvalue weighted by Crippen LogP contribution is -1.92. The molecule has 0 aliphatic carbocycles. The second kappa shape index (κ2) is 2.95. The summed E-state index contributed by atoms with van der Waals surface area (Å²) in [5.41, 5.74) is 2.05. The Morgan fingerprint density at radius 2 is 2.33 bits per heavy atom. The number of aliphatic hydroxyl groups is 1. The van der Waals surface area contributed by atoms with Crippen LogP contribution in [-0.2, 0) is 6.42 Å². The highest BCUT2D eigenvalue weighted by Crippen LogP contribution is 2.05. The van der Waals surface area contributed by atoms with Crippen LogP contribution in [0.3, 0.4) is 0 Å². The zero-order valence-corrected chi connectivity index (χ0v) is 6.64. The monoisotopic (exact) mass is 162 g/mol. The van der Waals surface area contributed by atoms with Gasteiger partial charge in [-0.2, -0.15) is 0 Å². The number of hydrogen-bond acceptors (Lipinski definition) is 2. The number of rotatable bonds is 2. The molecular weight excluding hydrogens is 152 g/mol. The summed E-state index contributed by atoms with van der Waals surface area (Å²) in [5, 5.41) is 8.72. The zero-order valence-electron chi connectivity index (χ0n) is 6.64. The van der Waals surface area contributed by atoms with Gasteiger partial charge in [-0.05, 0) is 24.1 Å². The third kappa shape index (κ3) is 1.19. The van der Waals surface area contributed by atoms with Gasteiger partial charge in [-0.3, -0.25) is 0 Å². The smallest absolute Gasteiger partial charge is 0.136 e. The van der Waals surface area contributed by atoms with E-state index in [9.17, 15) is 0 Å². The lowest BCUT2D eigenvalue weighted by atomic mass is 10.2. The quantitative estimate of drug-likeness (QED) is 0.711. The van der Waals surface area contributed by atoms with Crippen molar-refractivity contribution in [1.82, 2.24) is 9.38 Å².